The predicted octanol–water partition coefficient (Wildman–Crippen LogP) is 4.65. The zero-order valence-corrected chi connectivity index (χ0v) is 11.7. The van der Waals surface area contributed by atoms with Gasteiger partial charge in [0.1, 0.15) is 0 Å². The van der Waals surface area contributed by atoms with Crippen molar-refractivity contribution in [2.75, 3.05) is 11.9 Å². The van der Waals surface area contributed by atoms with Crippen molar-refractivity contribution in [3.05, 3.63) is 28.8 Å². The molecular formula is C12H12ClF3N2S. The van der Waals surface area contributed by atoms with E-state index in [1.165, 1.54) is 12.1 Å². The van der Waals surface area contributed by atoms with E-state index in [0.717, 1.165) is 12.5 Å². The third-order valence-corrected chi connectivity index (χ3v) is 4.29. The molecule has 1 N–H and O–H groups in total. The van der Waals surface area contributed by atoms with Gasteiger partial charge in [-0.05, 0) is 24.6 Å². The van der Waals surface area contributed by atoms with E-state index in [1.54, 1.807) is 11.8 Å². The molecule has 19 heavy (non-hydrogen) atoms. The van der Waals surface area contributed by atoms with Gasteiger partial charge >= 0.3 is 6.18 Å². The van der Waals surface area contributed by atoms with Crippen molar-refractivity contribution >= 4 is 34.2 Å². The largest absolute Gasteiger partial charge is 0.417 e. The second-order valence-electron chi connectivity index (χ2n) is 4.11. The zero-order chi connectivity index (χ0) is 14.0. The Hall–Kier alpha value is -0.880. The first kappa shape index (κ1) is 14.5. The van der Waals surface area contributed by atoms with E-state index in [0.29, 0.717) is 22.6 Å². The van der Waals surface area contributed by atoms with Gasteiger partial charge in [-0.1, -0.05) is 30.3 Å². The monoisotopic (exact) mass is 308 g/mol. The van der Waals surface area contributed by atoms with Crippen LogP contribution in [-0.2, 0) is 6.18 Å². The van der Waals surface area contributed by atoms with E-state index >= 15 is 0 Å². The highest BCUT2D eigenvalue weighted by Crippen LogP contribution is 2.36. The second-order valence-corrected chi connectivity index (χ2v) is 5.81. The van der Waals surface area contributed by atoms with E-state index in [2.05, 4.69) is 17.2 Å². The molecule has 104 valence electrons. The average molecular weight is 309 g/mol. The molecule has 0 saturated carbocycles. The molecule has 1 aliphatic heterocycles. The lowest BCUT2D eigenvalue weighted by Gasteiger charge is -2.12. The number of thioether (sulfide) groups is 1. The quantitative estimate of drug-likeness (QED) is 0.860. The topological polar surface area (TPSA) is 24.4 Å². The fraction of sp³-hybridized carbons (Fsp3) is 0.417. The number of anilines is 1. The lowest BCUT2D eigenvalue weighted by atomic mass is 10.2. The Morgan fingerprint density at radius 2 is 2.21 bits per heavy atom. The Balaban J connectivity index is 2.14. The number of alkyl halides is 3. The van der Waals surface area contributed by atoms with Crippen molar-refractivity contribution < 1.29 is 13.2 Å². The van der Waals surface area contributed by atoms with Crippen LogP contribution >= 0.6 is 23.4 Å². The SMILES string of the molecule is CCC1CN=C(Nc2ccc(Cl)c(C(F)(F)F)c2)S1. The van der Waals surface area contributed by atoms with Gasteiger partial charge in [0.2, 0.25) is 0 Å². The highest BCUT2D eigenvalue weighted by atomic mass is 35.5. The number of halogens is 4. The van der Waals surface area contributed by atoms with Crippen LogP contribution in [0.4, 0.5) is 18.9 Å². The van der Waals surface area contributed by atoms with Gasteiger partial charge in [-0.25, -0.2) is 0 Å². The molecule has 1 aromatic carbocycles. The summed E-state index contributed by atoms with van der Waals surface area (Å²) >= 11 is 7.11. The third-order valence-electron chi connectivity index (χ3n) is 2.70. The minimum absolute atomic E-state index is 0.300. The van der Waals surface area contributed by atoms with E-state index in [-0.39, 0.29) is 5.02 Å². The summed E-state index contributed by atoms with van der Waals surface area (Å²) in [6.45, 7) is 2.75. The van der Waals surface area contributed by atoms with E-state index in [9.17, 15) is 13.2 Å². The fourth-order valence-corrected chi connectivity index (χ4v) is 2.82. The van der Waals surface area contributed by atoms with Gasteiger partial charge < -0.3 is 5.32 Å². The lowest BCUT2D eigenvalue weighted by molar-refractivity contribution is -0.137. The molecule has 0 amide bonds. The molecule has 1 heterocycles. The summed E-state index contributed by atoms with van der Waals surface area (Å²) in [5.41, 5.74) is -0.491. The molecule has 0 radical (unpaired) electrons. The summed E-state index contributed by atoms with van der Waals surface area (Å²) in [6.07, 6.45) is -3.47. The summed E-state index contributed by atoms with van der Waals surface area (Å²) in [5.74, 6) is 0. The number of aliphatic imine (C=N–C) groups is 1. The lowest BCUT2D eigenvalue weighted by Crippen LogP contribution is -2.10. The highest BCUT2D eigenvalue weighted by molar-refractivity contribution is 8.15. The molecule has 0 bridgehead atoms. The van der Waals surface area contributed by atoms with E-state index in [1.807, 2.05) is 0 Å². The number of nitrogens with one attached hydrogen (secondary N) is 1. The first-order valence-electron chi connectivity index (χ1n) is 5.75. The molecule has 1 atom stereocenters. The normalized spacial score (nSPS) is 19.4. The third kappa shape index (κ3) is 3.57. The van der Waals surface area contributed by atoms with Crippen LogP contribution in [0, 0.1) is 0 Å². The van der Waals surface area contributed by atoms with Crippen molar-refractivity contribution in [1.82, 2.24) is 0 Å². The molecule has 0 aliphatic carbocycles. The molecule has 0 aromatic heterocycles. The van der Waals surface area contributed by atoms with Crippen molar-refractivity contribution in [2.24, 2.45) is 4.99 Å². The highest BCUT2D eigenvalue weighted by Gasteiger charge is 2.33. The van der Waals surface area contributed by atoms with Crippen LogP contribution in [0.3, 0.4) is 0 Å². The molecule has 0 spiro atoms. The average Bonchev–Trinajstić information content (AvgIpc) is 2.78. The standard InChI is InChI=1S/C12H12ClF3N2S/c1-2-8-6-17-11(19-8)18-7-3-4-10(13)9(5-7)12(14,15)16/h3-5,8H,2,6H2,1H3,(H,17,18). The summed E-state index contributed by atoms with van der Waals surface area (Å²) in [7, 11) is 0. The molecule has 1 aromatic rings. The van der Waals surface area contributed by atoms with Crippen LogP contribution in [0.1, 0.15) is 18.9 Å². The molecule has 0 fully saturated rings. The van der Waals surface area contributed by atoms with Gasteiger partial charge in [0.25, 0.3) is 0 Å². The minimum Gasteiger partial charge on any atom is -0.335 e. The maximum atomic E-state index is 12.7. The second kappa shape index (κ2) is 5.63. The summed E-state index contributed by atoms with van der Waals surface area (Å²) in [6, 6.07) is 3.76. The van der Waals surface area contributed by atoms with Gasteiger partial charge in [-0.3, -0.25) is 4.99 Å². The number of benzene rings is 1. The van der Waals surface area contributed by atoms with Crippen molar-refractivity contribution in [1.29, 1.82) is 0 Å². The van der Waals surface area contributed by atoms with Crippen LogP contribution in [-0.4, -0.2) is 17.0 Å². The molecule has 1 unspecified atom stereocenters. The van der Waals surface area contributed by atoms with Gasteiger partial charge in [0.05, 0.1) is 17.1 Å². The fourth-order valence-electron chi connectivity index (χ4n) is 1.64. The molecule has 1 aliphatic rings. The first-order chi connectivity index (χ1) is 8.90. The van der Waals surface area contributed by atoms with Crippen LogP contribution in [0.5, 0.6) is 0 Å². The van der Waals surface area contributed by atoms with Crippen LogP contribution in [0.15, 0.2) is 23.2 Å². The number of amidine groups is 1. The van der Waals surface area contributed by atoms with Crippen LogP contribution < -0.4 is 5.32 Å². The minimum atomic E-state index is -4.45. The van der Waals surface area contributed by atoms with Gasteiger partial charge in [0.15, 0.2) is 5.17 Å². The van der Waals surface area contributed by atoms with Crippen LogP contribution in [0.25, 0.3) is 0 Å². The summed E-state index contributed by atoms with van der Waals surface area (Å²) in [5, 5.41) is 3.65. The smallest absolute Gasteiger partial charge is 0.335 e. The molecular weight excluding hydrogens is 297 g/mol. The van der Waals surface area contributed by atoms with Crippen molar-refractivity contribution in [3.63, 3.8) is 0 Å². The van der Waals surface area contributed by atoms with Crippen LogP contribution in [0.2, 0.25) is 5.02 Å². The van der Waals surface area contributed by atoms with Gasteiger partial charge in [0, 0.05) is 10.9 Å². The maximum Gasteiger partial charge on any atom is 0.417 e. The van der Waals surface area contributed by atoms with Crippen molar-refractivity contribution in [3.8, 4) is 0 Å². The number of hydrogen-bond donors (Lipinski definition) is 1. The molecule has 2 rings (SSSR count). The Bertz CT molecular complexity index is 502. The first-order valence-corrected chi connectivity index (χ1v) is 7.00. The Kier molecular flexibility index (Phi) is 4.30. The van der Waals surface area contributed by atoms with Gasteiger partial charge in [-0.2, -0.15) is 13.2 Å². The van der Waals surface area contributed by atoms with E-state index < -0.39 is 11.7 Å². The number of rotatable bonds is 2. The number of nitrogens with zero attached hydrogens (tertiary/aromatic N) is 1. The Morgan fingerprint density at radius 1 is 1.47 bits per heavy atom. The zero-order valence-electron chi connectivity index (χ0n) is 10.1. The summed E-state index contributed by atoms with van der Waals surface area (Å²) < 4.78 is 38.1. The van der Waals surface area contributed by atoms with E-state index in [4.69, 9.17) is 11.6 Å². The summed E-state index contributed by atoms with van der Waals surface area (Å²) in [4.78, 5) is 4.25. The number of hydrogen-bond acceptors (Lipinski definition) is 3. The molecule has 0 saturated heterocycles. The Labute approximate surface area is 118 Å². The maximum absolute atomic E-state index is 12.7. The molecule has 7 heteroatoms. The van der Waals surface area contributed by atoms with Crippen molar-refractivity contribution in [2.45, 2.75) is 24.8 Å². The molecule has 2 nitrogen and oxygen atoms in total. The Morgan fingerprint density at radius 3 is 2.79 bits per heavy atom. The predicted molar refractivity (Wildman–Crippen MR) is 74.0 cm³/mol. The van der Waals surface area contributed by atoms with Gasteiger partial charge in [-0.15, -0.1) is 0 Å².